The maximum absolute atomic E-state index is 12.3. The Balaban J connectivity index is 0.00000361. The van der Waals surface area contributed by atoms with Crippen LogP contribution in [-0.4, -0.2) is 42.6 Å². The first kappa shape index (κ1) is 19.7. The van der Waals surface area contributed by atoms with Gasteiger partial charge in [0.15, 0.2) is 0 Å². The molecule has 1 fully saturated rings. The van der Waals surface area contributed by atoms with Gasteiger partial charge in [0.2, 0.25) is 0 Å². The number of rotatable bonds is 6. The fourth-order valence-electron chi connectivity index (χ4n) is 2.45. The molecule has 2 N–H and O–H groups in total. The Kier molecular flexibility index (Phi) is 9.43. The van der Waals surface area contributed by atoms with Crippen molar-refractivity contribution in [3.63, 3.8) is 0 Å². The number of likely N-dealkylation sites (tertiary alicyclic amines) is 1. The number of carbonyl (C=O) groups is 1. The molecule has 3 unspecified atom stereocenters. The third kappa shape index (κ3) is 6.42. The van der Waals surface area contributed by atoms with Gasteiger partial charge in [-0.15, -0.1) is 12.4 Å². The second kappa shape index (κ2) is 9.59. The van der Waals surface area contributed by atoms with Crippen molar-refractivity contribution in [3.05, 3.63) is 0 Å². The zero-order valence-corrected chi connectivity index (χ0v) is 14.1. The second-order valence-electron chi connectivity index (χ2n) is 6.24. The van der Waals surface area contributed by atoms with E-state index in [1.165, 1.54) is 0 Å². The monoisotopic (exact) mass is 306 g/mol. The third-order valence-corrected chi connectivity index (χ3v) is 3.92. The Bertz CT molecular complexity index is 285. The fourth-order valence-corrected chi connectivity index (χ4v) is 2.45. The van der Waals surface area contributed by atoms with Gasteiger partial charge in [-0.05, 0) is 44.9 Å². The molecule has 1 aliphatic rings. The predicted molar refractivity (Wildman–Crippen MR) is 85.1 cm³/mol. The van der Waals surface area contributed by atoms with Crippen LogP contribution in [0.5, 0.6) is 0 Å². The number of halogens is 1. The first-order valence-electron chi connectivity index (χ1n) is 7.57. The molecular formula is C15H31ClN2O2. The van der Waals surface area contributed by atoms with Gasteiger partial charge in [0, 0.05) is 25.7 Å². The van der Waals surface area contributed by atoms with Crippen molar-refractivity contribution in [2.24, 2.45) is 17.6 Å². The molecule has 0 aromatic rings. The average molecular weight is 307 g/mol. The molecule has 20 heavy (non-hydrogen) atoms. The van der Waals surface area contributed by atoms with Gasteiger partial charge in [0.05, 0.1) is 0 Å². The summed E-state index contributed by atoms with van der Waals surface area (Å²) in [7, 11) is 0. The van der Waals surface area contributed by atoms with Gasteiger partial charge in [-0.2, -0.15) is 0 Å². The third-order valence-electron chi connectivity index (χ3n) is 3.92. The Hall–Kier alpha value is -0.320. The van der Waals surface area contributed by atoms with E-state index < -0.39 is 0 Å². The van der Waals surface area contributed by atoms with Crippen LogP contribution in [0.3, 0.4) is 0 Å². The molecule has 0 bridgehead atoms. The molecule has 3 atom stereocenters. The number of amides is 1. The lowest BCUT2D eigenvalue weighted by atomic mass is 9.92. The van der Waals surface area contributed by atoms with Crippen LogP contribution < -0.4 is 5.73 Å². The van der Waals surface area contributed by atoms with Crippen LogP contribution in [0.4, 0.5) is 0 Å². The van der Waals surface area contributed by atoms with E-state index in [1.807, 2.05) is 18.7 Å². The van der Waals surface area contributed by atoms with E-state index in [0.717, 1.165) is 32.4 Å². The van der Waals surface area contributed by atoms with Crippen LogP contribution in [0, 0.1) is 11.8 Å². The lowest BCUT2D eigenvalue weighted by Gasteiger charge is -2.35. The molecule has 0 spiro atoms. The van der Waals surface area contributed by atoms with Crippen molar-refractivity contribution >= 4 is 18.3 Å². The lowest BCUT2D eigenvalue weighted by Crippen LogP contribution is -2.48. The van der Waals surface area contributed by atoms with E-state index in [-0.39, 0.29) is 30.5 Å². The van der Waals surface area contributed by atoms with Crippen molar-refractivity contribution in [1.29, 1.82) is 0 Å². The van der Waals surface area contributed by atoms with Crippen molar-refractivity contribution in [2.75, 3.05) is 19.7 Å². The number of hydrogen-bond acceptors (Lipinski definition) is 3. The number of nitrogens with two attached hydrogens (primary N) is 1. The van der Waals surface area contributed by atoms with E-state index in [9.17, 15) is 4.79 Å². The first-order valence-corrected chi connectivity index (χ1v) is 7.57. The van der Waals surface area contributed by atoms with Crippen LogP contribution in [0.2, 0.25) is 0 Å². The molecule has 0 saturated carbocycles. The number of nitrogens with zero attached hydrogens (tertiary/aromatic N) is 1. The Morgan fingerprint density at radius 2 is 2.00 bits per heavy atom. The largest absolute Gasteiger partial charge is 0.369 e. The second-order valence-corrected chi connectivity index (χ2v) is 6.24. The minimum absolute atomic E-state index is 0. The van der Waals surface area contributed by atoms with Gasteiger partial charge in [0.25, 0.3) is 5.91 Å². The minimum Gasteiger partial charge on any atom is -0.369 e. The number of piperidine rings is 1. The average Bonchev–Trinajstić information content (AvgIpc) is 2.37. The van der Waals surface area contributed by atoms with Crippen molar-refractivity contribution in [2.45, 2.75) is 59.1 Å². The highest BCUT2D eigenvalue weighted by atomic mass is 35.5. The summed E-state index contributed by atoms with van der Waals surface area (Å²) in [5, 5.41) is 0. The topological polar surface area (TPSA) is 55.6 Å². The smallest absolute Gasteiger partial charge is 0.251 e. The Labute approximate surface area is 129 Å². The minimum atomic E-state index is -0.328. The summed E-state index contributed by atoms with van der Waals surface area (Å²) in [6, 6.07) is 0.160. The predicted octanol–water partition coefficient (Wildman–Crippen LogP) is 2.45. The zero-order valence-electron chi connectivity index (χ0n) is 13.3. The van der Waals surface area contributed by atoms with Gasteiger partial charge < -0.3 is 15.4 Å². The summed E-state index contributed by atoms with van der Waals surface area (Å²) in [5.74, 6) is 1.16. The highest BCUT2D eigenvalue weighted by Crippen LogP contribution is 2.19. The molecule has 0 aromatic heterocycles. The highest BCUT2D eigenvalue weighted by molar-refractivity contribution is 5.85. The van der Waals surface area contributed by atoms with Crippen LogP contribution in [0.1, 0.15) is 47.0 Å². The molecule has 0 aliphatic carbocycles. The Morgan fingerprint density at radius 1 is 1.35 bits per heavy atom. The van der Waals surface area contributed by atoms with Crippen molar-refractivity contribution in [1.82, 2.24) is 4.90 Å². The van der Waals surface area contributed by atoms with Crippen LogP contribution in [0.25, 0.3) is 0 Å². The molecule has 1 heterocycles. The van der Waals surface area contributed by atoms with E-state index in [1.54, 1.807) is 0 Å². The maximum atomic E-state index is 12.3. The summed E-state index contributed by atoms with van der Waals surface area (Å²) in [6.45, 7) is 10.5. The standard InChI is InChI=1S/C15H30N2O2.ClH/c1-11(2)7-9-19-13(4)15(18)17-8-5-6-14(10-17)12(3)16;/h11-14H,5-10,16H2,1-4H3;1H. The number of carbonyl (C=O) groups excluding carboxylic acids is 1. The highest BCUT2D eigenvalue weighted by Gasteiger charge is 2.28. The maximum Gasteiger partial charge on any atom is 0.251 e. The summed E-state index contributed by atoms with van der Waals surface area (Å²) < 4.78 is 5.64. The van der Waals surface area contributed by atoms with Crippen LogP contribution >= 0.6 is 12.4 Å². The SMILES string of the molecule is CC(C)CCOC(C)C(=O)N1CCCC(C(C)N)C1.Cl. The van der Waals surface area contributed by atoms with Gasteiger partial charge in [-0.1, -0.05) is 13.8 Å². The van der Waals surface area contributed by atoms with Gasteiger partial charge in [-0.25, -0.2) is 0 Å². The fraction of sp³-hybridized carbons (Fsp3) is 0.933. The molecule has 5 heteroatoms. The molecule has 1 rings (SSSR count). The van der Waals surface area contributed by atoms with Gasteiger partial charge in [-0.3, -0.25) is 4.79 Å². The van der Waals surface area contributed by atoms with Crippen molar-refractivity contribution in [3.8, 4) is 0 Å². The molecule has 4 nitrogen and oxygen atoms in total. The van der Waals surface area contributed by atoms with Crippen LogP contribution in [-0.2, 0) is 9.53 Å². The summed E-state index contributed by atoms with van der Waals surface area (Å²) in [4.78, 5) is 14.2. The molecular weight excluding hydrogens is 276 g/mol. The molecule has 1 saturated heterocycles. The van der Waals surface area contributed by atoms with E-state index >= 15 is 0 Å². The summed E-state index contributed by atoms with van der Waals surface area (Å²) >= 11 is 0. The molecule has 0 radical (unpaired) electrons. The van der Waals surface area contributed by atoms with E-state index in [4.69, 9.17) is 10.5 Å². The van der Waals surface area contributed by atoms with Crippen molar-refractivity contribution < 1.29 is 9.53 Å². The molecule has 120 valence electrons. The summed E-state index contributed by atoms with van der Waals surface area (Å²) in [6.07, 6.45) is 2.85. The van der Waals surface area contributed by atoms with E-state index in [0.29, 0.717) is 18.4 Å². The Morgan fingerprint density at radius 3 is 2.55 bits per heavy atom. The normalized spacial score (nSPS) is 22.3. The quantitative estimate of drug-likeness (QED) is 0.820. The number of ether oxygens (including phenoxy) is 1. The number of hydrogen-bond donors (Lipinski definition) is 1. The molecule has 1 aliphatic heterocycles. The summed E-state index contributed by atoms with van der Waals surface area (Å²) in [5.41, 5.74) is 5.95. The molecule has 1 amide bonds. The first-order chi connectivity index (χ1) is 8.91. The van der Waals surface area contributed by atoms with E-state index in [2.05, 4.69) is 13.8 Å². The lowest BCUT2D eigenvalue weighted by molar-refractivity contribution is -0.144. The zero-order chi connectivity index (χ0) is 14.4. The van der Waals surface area contributed by atoms with Gasteiger partial charge >= 0.3 is 0 Å². The van der Waals surface area contributed by atoms with Gasteiger partial charge in [0.1, 0.15) is 6.10 Å². The van der Waals surface area contributed by atoms with Crippen LogP contribution in [0.15, 0.2) is 0 Å². The molecule has 0 aromatic carbocycles.